The van der Waals surface area contributed by atoms with E-state index in [2.05, 4.69) is 28.0 Å². The number of anilines is 1. The molecule has 5 rings (SSSR count). The SMILES string of the molecule is CC.CC(C)(C)OC(=O)N1CCN(C(=O)c2ccc(CN3CCN(c4cccc5c4OCCO5)CC3)cc2)CC1. The Morgan fingerprint density at radius 2 is 1.43 bits per heavy atom. The Labute approximate surface area is 238 Å². The first-order chi connectivity index (χ1) is 19.3. The minimum Gasteiger partial charge on any atom is -0.486 e. The minimum absolute atomic E-state index is 0.00592. The summed E-state index contributed by atoms with van der Waals surface area (Å²) in [5, 5.41) is 0. The third-order valence-electron chi connectivity index (χ3n) is 7.08. The number of hydrogen-bond acceptors (Lipinski definition) is 7. The Hall–Kier alpha value is -3.46. The largest absolute Gasteiger partial charge is 0.486 e. The fourth-order valence-electron chi connectivity index (χ4n) is 5.07. The highest BCUT2D eigenvalue weighted by Crippen LogP contribution is 2.39. The molecular formula is C31H44N4O5. The predicted molar refractivity (Wildman–Crippen MR) is 156 cm³/mol. The average molecular weight is 553 g/mol. The molecule has 0 radical (unpaired) electrons. The van der Waals surface area contributed by atoms with Crippen molar-refractivity contribution in [3.63, 3.8) is 0 Å². The van der Waals surface area contributed by atoms with Crippen LogP contribution in [0.3, 0.4) is 0 Å². The Bertz CT molecular complexity index is 1130. The second-order valence-electron chi connectivity index (χ2n) is 11.0. The lowest BCUT2D eigenvalue weighted by Gasteiger charge is -2.37. The fraction of sp³-hybridized carbons (Fsp3) is 0.548. The van der Waals surface area contributed by atoms with E-state index in [1.54, 1.807) is 4.90 Å². The molecule has 40 heavy (non-hydrogen) atoms. The molecule has 0 aromatic heterocycles. The van der Waals surface area contributed by atoms with Crippen molar-refractivity contribution < 1.29 is 23.8 Å². The third kappa shape index (κ3) is 7.38. The topological polar surface area (TPSA) is 74.8 Å². The number of amides is 2. The summed E-state index contributed by atoms with van der Waals surface area (Å²) in [6.45, 7) is 17.3. The van der Waals surface area contributed by atoms with Gasteiger partial charge in [-0.2, -0.15) is 0 Å². The highest BCUT2D eigenvalue weighted by atomic mass is 16.6. The van der Waals surface area contributed by atoms with Crippen LogP contribution in [0.1, 0.15) is 50.5 Å². The molecule has 0 aliphatic carbocycles. The van der Waals surface area contributed by atoms with Crippen LogP contribution in [0.25, 0.3) is 0 Å². The van der Waals surface area contributed by atoms with E-state index in [1.165, 1.54) is 5.56 Å². The molecule has 218 valence electrons. The molecule has 3 aliphatic heterocycles. The Morgan fingerprint density at radius 1 is 0.800 bits per heavy atom. The van der Waals surface area contributed by atoms with Gasteiger partial charge in [0.05, 0.1) is 5.69 Å². The van der Waals surface area contributed by atoms with Crippen LogP contribution in [-0.4, -0.2) is 97.9 Å². The fourth-order valence-corrected chi connectivity index (χ4v) is 5.07. The van der Waals surface area contributed by atoms with E-state index < -0.39 is 5.60 Å². The molecule has 0 atom stereocenters. The molecule has 2 amide bonds. The summed E-state index contributed by atoms with van der Waals surface area (Å²) < 4.78 is 17.1. The number of para-hydroxylation sites is 1. The Kier molecular flexibility index (Phi) is 9.79. The van der Waals surface area contributed by atoms with E-state index in [-0.39, 0.29) is 12.0 Å². The number of fused-ring (bicyclic) bond motifs is 1. The molecule has 2 fully saturated rings. The molecule has 0 saturated carbocycles. The van der Waals surface area contributed by atoms with E-state index in [9.17, 15) is 9.59 Å². The third-order valence-corrected chi connectivity index (χ3v) is 7.08. The quantitative estimate of drug-likeness (QED) is 0.553. The summed E-state index contributed by atoms with van der Waals surface area (Å²) in [5.41, 5.74) is 2.46. The first-order valence-corrected chi connectivity index (χ1v) is 14.5. The maximum Gasteiger partial charge on any atom is 0.410 e. The van der Waals surface area contributed by atoms with Gasteiger partial charge in [0.25, 0.3) is 5.91 Å². The maximum absolute atomic E-state index is 13.0. The van der Waals surface area contributed by atoms with Crippen LogP contribution in [0.15, 0.2) is 42.5 Å². The lowest BCUT2D eigenvalue weighted by atomic mass is 10.1. The lowest BCUT2D eigenvalue weighted by Crippen LogP contribution is -2.51. The molecule has 3 aliphatic rings. The molecular weight excluding hydrogens is 508 g/mol. The number of carbonyl (C=O) groups excluding carboxylic acids is 2. The highest BCUT2D eigenvalue weighted by molar-refractivity contribution is 5.94. The average Bonchev–Trinajstić information content (AvgIpc) is 2.97. The van der Waals surface area contributed by atoms with Crippen molar-refractivity contribution in [2.24, 2.45) is 0 Å². The number of nitrogens with zero attached hydrogens (tertiary/aromatic N) is 4. The molecule has 2 aromatic carbocycles. The minimum atomic E-state index is -0.523. The van der Waals surface area contributed by atoms with Crippen molar-refractivity contribution in [3.8, 4) is 11.5 Å². The number of piperazine rings is 2. The second kappa shape index (κ2) is 13.3. The molecule has 0 bridgehead atoms. The number of hydrogen-bond donors (Lipinski definition) is 0. The predicted octanol–water partition coefficient (Wildman–Crippen LogP) is 4.50. The van der Waals surface area contributed by atoms with Crippen molar-refractivity contribution in [3.05, 3.63) is 53.6 Å². The highest BCUT2D eigenvalue weighted by Gasteiger charge is 2.28. The van der Waals surface area contributed by atoms with Gasteiger partial charge < -0.3 is 28.9 Å². The summed E-state index contributed by atoms with van der Waals surface area (Å²) in [7, 11) is 0. The van der Waals surface area contributed by atoms with Crippen LogP contribution in [-0.2, 0) is 11.3 Å². The standard InChI is InChI=1S/C29H38N4O5.C2H6/c1-29(2,3)38-28(35)33-17-15-32(16-18-33)27(34)23-9-7-22(8-10-23)21-30-11-13-31(14-12-30)24-5-4-6-25-26(24)37-20-19-36-25;1-2/h4-10H,11-21H2,1-3H3;1-2H3. The Morgan fingerprint density at radius 3 is 2.08 bits per heavy atom. The van der Waals surface area contributed by atoms with Crippen LogP contribution in [0.2, 0.25) is 0 Å². The van der Waals surface area contributed by atoms with Gasteiger partial charge in [-0.3, -0.25) is 9.69 Å². The van der Waals surface area contributed by atoms with Gasteiger partial charge in [-0.05, 0) is 50.6 Å². The van der Waals surface area contributed by atoms with Gasteiger partial charge in [0, 0.05) is 64.5 Å². The van der Waals surface area contributed by atoms with Gasteiger partial charge in [0.2, 0.25) is 0 Å². The molecule has 3 heterocycles. The van der Waals surface area contributed by atoms with Gasteiger partial charge in [-0.25, -0.2) is 4.79 Å². The van der Waals surface area contributed by atoms with Crippen LogP contribution in [0, 0.1) is 0 Å². The second-order valence-corrected chi connectivity index (χ2v) is 11.0. The summed E-state index contributed by atoms with van der Waals surface area (Å²) >= 11 is 0. The monoisotopic (exact) mass is 552 g/mol. The summed E-state index contributed by atoms with van der Waals surface area (Å²) in [5.74, 6) is 1.70. The van der Waals surface area contributed by atoms with Gasteiger partial charge >= 0.3 is 6.09 Å². The summed E-state index contributed by atoms with van der Waals surface area (Å²) in [6, 6.07) is 14.0. The van der Waals surface area contributed by atoms with Crippen LogP contribution < -0.4 is 14.4 Å². The van der Waals surface area contributed by atoms with Crippen LogP contribution in [0.5, 0.6) is 11.5 Å². The van der Waals surface area contributed by atoms with Gasteiger partial charge in [0.15, 0.2) is 11.5 Å². The van der Waals surface area contributed by atoms with Gasteiger partial charge in [-0.15, -0.1) is 0 Å². The molecule has 2 aromatic rings. The number of ether oxygens (including phenoxy) is 3. The normalized spacial score (nSPS) is 17.6. The van der Waals surface area contributed by atoms with Crippen LogP contribution >= 0.6 is 0 Å². The van der Waals surface area contributed by atoms with E-state index in [0.717, 1.165) is 49.9 Å². The van der Waals surface area contributed by atoms with Crippen molar-refractivity contribution in [2.75, 3.05) is 70.5 Å². The molecule has 0 unspecified atom stereocenters. The number of benzene rings is 2. The van der Waals surface area contributed by atoms with Gasteiger partial charge in [-0.1, -0.05) is 32.0 Å². The number of rotatable bonds is 4. The number of carbonyl (C=O) groups is 2. The molecule has 0 N–H and O–H groups in total. The van der Waals surface area contributed by atoms with Crippen molar-refractivity contribution in [1.82, 2.24) is 14.7 Å². The van der Waals surface area contributed by atoms with Crippen LogP contribution in [0.4, 0.5) is 10.5 Å². The van der Waals surface area contributed by atoms with Crippen molar-refractivity contribution in [1.29, 1.82) is 0 Å². The smallest absolute Gasteiger partial charge is 0.410 e. The molecule has 9 nitrogen and oxygen atoms in total. The molecule has 9 heteroatoms. The van der Waals surface area contributed by atoms with E-state index in [1.807, 2.05) is 63.8 Å². The zero-order valence-corrected chi connectivity index (χ0v) is 24.6. The molecule has 2 saturated heterocycles. The Balaban J connectivity index is 0.00000181. The maximum atomic E-state index is 13.0. The first kappa shape index (κ1) is 29.5. The van der Waals surface area contributed by atoms with E-state index in [4.69, 9.17) is 14.2 Å². The molecule has 0 spiro atoms. The lowest BCUT2D eigenvalue weighted by molar-refractivity contribution is 0.0141. The van der Waals surface area contributed by atoms with Gasteiger partial charge in [0.1, 0.15) is 18.8 Å². The van der Waals surface area contributed by atoms with E-state index >= 15 is 0 Å². The first-order valence-electron chi connectivity index (χ1n) is 14.5. The summed E-state index contributed by atoms with van der Waals surface area (Å²) in [4.78, 5) is 33.6. The zero-order valence-electron chi connectivity index (χ0n) is 24.6. The summed E-state index contributed by atoms with van der Waals surface area (Å²) in [6.07, 6.45) is -0.319. The zero-order chi connectivity index (χ0) is 28.7. The van der Waals surface area contributed by atoms with E-state index in [0.29, 0.717) is 45.0 Å². The van der Waals surface area contributed by atoms with Crippen molar-refractivity contribution >= 4 is 17.7 Å². The van der Waals surface area contributed by atoms with Crippen molar-refractivity contribution in [2.45, 2.75) is 46.8 Å².